The van der Waals surface area contributed by atoms with Crippen LogP contribution < -0.4 is 5.32 Å². The first-order valence-corrected chi connectivity index (χ1v) is 4.65. The van der Waals surface area contributed by atoms with Crippen LogP contribution in [0.2, 0.25) is 0 Å². The highest BCUT2D eigenvalue weighted by Crippen LogP contribution is 2.33. The molecule has 2 heterocycles. The van der Waals surface area contributed by atoms with Crippen LogP contribution in [0.4, 0.5) is 0 Å². The predicted octanol–water partition coefficient (Wildman–Crippen LogP) is 0.486. The molecule has 0 aliphatic carbocycles. The molecule has 2 fully saturated rings. The van der Waals surface area contributed by atoms with E-state index in [2.05, 4.69) is 5.32 Å². The van der Waals surface area contributed by atoms with Crippen molar-refractivity contribution in [1.82, 2.24) is 5.32 Å². The molecule has 3 heteroatoms. The average Bonchev–Trinajstić information content (AvgIpc) is 2.29. The Hall–Kier alpha value is -0.410. The van der Waals surface area contributed by atoms with E-state index in [4.69, 9.17) is 4.74 Å². The van der Waals surface area contributed by atoms with E-state index in [9.17, 15) is 4.79 Å². The van der Waals surface area contributed by atoms with Gasteiger partial charge < -0.3 is 10.1 Å². The van der Waals surface area contributed by atoms with Gasteiger partial charge in [-0.05, 0) is 32.9 Å². The van der Waals surface area contributed by atoms with Crippen molar-refractivity contribution < 1.29 is 9.53 Å². The number of hydrogen-bond donors (Lipinski definition) is 1. The Morgan fingerprint density at radius 2 is 2.17 bits per heavy atom. The Bertz CT molecular complexity index is 197. The van der Waals surface area contributed by atoms with Gasteiger partial charge in [0, 0.05) is 6.42 Å². The topological polar surface area (TPSA) is 38.3 Å². The standard InChI is InChI=1S/C9H15NO2/c1-7-6-8(11)9(12-7)2-4-10-5-3-9/h7,10H,2-6H2,1H3. The predicted molar refractivity (Wildman–Crippen MR) is 45.0 cm³/mol. The van der Waals surface area contributed by atoms with E-state index in [1.165, 1.54) is 0 Å². The molecule has 1 unspecified atom stereocenters. The van der Waals surface area contributed by atoms with Gasteiger partial charge in [0.25, 0.3) is 0 Å². The molecule has 1 N–H and O–H groups in total. The Morgan fingerprint density at radius 1 is 1.50 bits per heavy atom. The quantitative estimate of drug-likeness (QED) is 0.573. The van der Waals surface area contributed by atoms with Crippen molar-refractivity contribution in [2.24, 2.45) is 0 Å². The van der Waals surface area contributed by atoms with E-state index in [-0.39, 0.29) is 6.10 Å². The monoisotopic (exact) mass is 169 g/mol. The summed E-state index contributed by atoms with van der Waals surface area (Å²) in [7, 11) is 0. The van der Waals surface area contributed by atoms with Gasteiger partial charge >= 0.3 is 0 Å². The summed E-state index contributed by atoms with van der Waals surface area (Å²) >= 11 is 0. The Kier molecular flexibility index (Phi) is 1.93. The average molecular weight is 169 g/mol. The summed E-state index contributed by atoms with van der Waals surface area (Å²) in [6.45, 7) is 3.81. The van der Waals surface area contributed by atoms with Crippen LogP contribution in [0.15, 0.2) is 0 Å². The van der Waals surface area contributed by atoms with Gasteiger partial charge in [-0.25, -0.2) is 0 Å². The third kappa shape index (κ3) is 1.17. The molecule has 3 nitrogen and oxygen atoms in total. The molecule has 0 aromatic carbocycles. The van der Waals surface area contributed by atoms with Gasteiger partial charge in [0.2, 0.25) is 0 Å². The Balaban J connectivity index is 2.13. The van der Waals surface area contributed by atoms with Crippen molar-refractivity contribution in [3.05, 3.63) is 0 Å². The molecule has 0 bridgehead atoms. The molecular formula is C9H15NO2. The molecular weight excluding hydrogens is 154 g/mol. The van der Waals surface area contributed by atoms with Gasteiger partial charge in [-0.2, -0.15) is 0 Å². The van der Waals surface area contributed by atoms with Crippen molar-refractivity contribution >= 4 is 5.78 Å². The molecule has 0 radical (unpaired) electrons. The lowest BCUT2D eigenvalue weighted by Crippen LogP contribution is -2.46. The van der Waals surface area contributed by atoms with Crippen LogP contribution in [0.25, 0.3) is 0 Å². The highest BCUT2D eigenvalue weighted by atomic mass is 16.5. The molecule has 0 aromatic heterocycles. The third-order valence-electron chi connectivity index (χ3n) is 2.82. The van der Waals surface area contributed by atoms with Crippen molar-refractivity contribution in [2.45, 2.75) is 37.9 Å². The molecule has 68 valence electrons. The molecule has 2 aliphatic rings. The fourth-order valence-electron chi connectivity index (χ4n) is 2.17. The second-order valence-electron chi connectivity index (χ2n) is 3.80. The van der Waals surface area contributed by atoms with E-state index in [1.54, 1.807) is 0 Å². The lowest BCUT2D eigenvalue weighted by Gasteiger charge is -2.31. The van der Waals surface area contributed by atoms with Crippen LogP contribution in [0, 0.1) is 0 Å². The number of nitrogens with one attached hydrogen (secondary N) is 1. The summed E-state index contributed by atoms with van der Waals surface area (Å²) in [5.74, 6) is 0.316. The zero-order valence-corrected chi connectivity index (χ0v) is 7.43. The summed E-state index contributed by atoms with van der Waals surface area (Å²) in [4.78, 5) is 11.6. The molecule has 0 amide bonds. The second kappa shape index (κ2) is 2.82. The molecule has 12 heavy (non-hydrogen) atoms. The minimum absolute atomic E-state index is 0.135. The summed E-state index contributed by atoms with van der Waals surface area (Å²) in [5, 5.41) is 3.24. The lowest BCUT2D eigenvalue weighted by molar-refractivity contribution is -0.136. The van der Waals surface area contributed by atoms with Gasteiger partial charge in [0.1, 0.15) is 5.60 Å². The van der Waals surface area contributed by atoms with Gasteiger partial charge in [0.15, 0.2) is 5.78 Å². The smallest absolute Gasteiger partial charge is 0.167 e. The summed E-state index contributed by atoms with van der Waals surface area (Å²) in [6, 6.07) is 0. The molecule has 2 rings (SSSR count). The first-order chi connectivity index (χ1) is 5.73. The minimum Gasteiger partial charge on any atom is -0.364 e. The van der Waals surface area contributed by atoms with E-state index < -0.39 is 5.60 Å². The second-order valence-corrected chi connectivity index (χ2v) is 3.80. The van der Waals surface area contributed by atoms with E-state index in [1.807, 2.05) is 6.92 Å². The molecule has 0 saturated carbocycles. The number of ether oxygens (including phenoxy) is 1. The van der Waals surface area contributed by atoms with Crippen molar-refractivity contribution in [1.29, 1.82) is 0 Å². The van der Waals surface area contributed by atoms with Crippen LogP contribution >= 0.6 is 0 Å². The minimum atomic E-state index is -0.398. The number of Topliss-reactive ketones (excluding diaryl/α,β-unsaturated/α-hetero) is 1. The maximum Gasteiger partial charge on any atom is 0.167 e. The summed E-state index contributed by atoms with van der Waals surface area (Å²) in [6.07, 6.45) is 2.46. The van der Waals surface area contributed by atoms with Crippen LogP contribution in [0.1, 0.15) is 26.2 Å². The zero-order chi connectivity index (χ0) is 8.60. The van der Waals surface area contributed by atoms with Gasteiger partial charge in [-0.3, -0.25) is 4.79 Å². The number of carbonyl (C=O) groups excluding carboxylic acids is 1. The van der Waals surface area contributed by atoms with Gasteiger partial charge in [-0.15, -0.1) is 0 Å². The SMILES string of the molecule is CC1CC(=O)C2(CCNCC2)O1. The first-order valence-electron chi connectivity index (χ1n) is 4.65. The maximum atomic E-state index is 11.6. The zero-order valence-electron chi connectivity index (χ0n) is 7.43. The van der Waals surface area contributed by atoms with Gasteiger partial charge in [-0.1, -0.05) is 0 Å². The highest BCUT2D eigenvalue weighted by molar-refractivity contribution is 5.89. The molecule has 1 spiro atoms. The van der Waals surface area contributed by atoms with Crippen molar-refractivity contribution in [3.63, 3.8) is 0 Å². The number of hydrogen-bond acceptors (Lipinski definition) is 3. The van der Waals surface area contributed by atoms with Crippen LogP contribution in [-0.4, -0.2) is 30.6 Å². The van der Waals surface area contributed by atoms with Crippen LogP contribution in [0.5, 0.6) is 0 Å². The van der Waals surface area contributed by atoms with Crippen molar-refractivity contribution in [2.75, 3.05) is 13.1 Å². The number of carbonyl (C=O) groups is 1. The molecule has 2 aliphatic heterocycles. The molecule has 0 aromatic rings. The third-order valence-corrected chi connectivity index (χ3v) is 2.82. The fourth-order valence-corrected chi connectivity index (χ4v) is 2.17. The Morgan fingerprint density at radius 3 is 2.67 bits per heavy atom. The van der Waals surface area contributed by atoms with E-state index in [0.717, 1.165) is 25.9 Å². The lowest BCUT2D eigenvalue weighted by atomic mass is 9.88. The van der Waals surface area contributed by atoms with Crippen molar-refractivity contribution in [3.8, 4) is 0 Å². The fraction of sp³-hybridized carbons (Fsp3) is 0.889. The number of rotatable bonds is 0. The van der Waals surface area contributed by atoms with E-state index >= 15 is 0 Å². The van der Waals surface area contributed by atoms with Gasteiger partial charge in [0.05, 0.1) is 6.10 Å². The molecule has 2 saturated heterocycles. The number of ketones is 1. The van der Waals surface area contributed by atoms with E-state index in [0.29, 0.717) is 12.2 Å². The van der Waals surface area contributed by atoms with Crippen LogP contribution in [-0.2, 0) is 9.53 Å². The number of piperidine rings is 1. The first kappa shape index (κ1) is 8.20. The normalized spacial score (nSPS) is 34.4. The summed E-state index contributed by atoms with van der Waals surface area (Å²) in [5.41, 5.74) is -0.398. The molecule has 1 atom stereocenters. The largest absolute Gasteiger partial charge is 0.364 e. The van der Waals surface area contributed by atoms with Crippen LogP contribution in [0.3, 0.4) is 0 Å². The Labute approximate surface area is 72.5 Å². The highest BCUT2D eigenvalue weighted by Gasteiger charge is 2.46. The maximum absolute atomic E-state index is 11.6. The summed E-state index contributed by atoms with van der Waals surface area (Å²) < 4.78 is 5.71.